The number of methoxy groups -OCH3 is 1. The van der Waals surface area contributed by atoms with Crippen molar-refractivity contribution >= 4 is 5.82 Å². The van der Waals surface area contributed by atoms with E-state index in [4.69, 9.17) is 10.5 Å². The Bertz CT molecular complexity index is 558. The summed E-state index contributed by atoms with van der Waals surface area (Å²) in [6.45, 7) is 0. The number of ether oxygens (including phenoxy) is 1. The highest BCUT2D eigenvalue weighted by Crippen LogP contribution is 2.25. The van der Waals surface area contributed by atoms with Crippen LogP contribution in [0.15, 0.2) is 30.3 Å². The molecule has 2 N–H and O–H groups in total. The molecule has 0 radical (unpaired) electrons. The van der Waals surface area contributed by atoms with Gasteiger partial charge < -0.3 is 10.5 Å². The van der Waals surface area contributed by atoms with Gasteiger partial charge in [0.25, 0.3) is 0 Å². The van der Waals surface area contributed by atoms with Crippen molar-refractivity contribution < 1.29 is 13.5 Å². The summed E-state index contributed by atoms with van der Waals surface area (Å²) in [6, 6.07) is 6.81. The zero-order valence-electron chi connectivity index (χ0n) is 9.08. The van der Waals surface area contributed by atoms with Crippen molar-refractivity contribution in [1.82, 2.24) is 4.98 Å². The molecule has 1 aromatic carbocycles. The lowest BCUT2D eigenvalue weighted by Crippen LogP contribution is -1.97. The van der Waals surface area contributed by atoms with E-state index < -0.39 is 11.6 Å². The molecule has 2 rings (SSSR count). The number of benzene rings is 1. The third-order valence-electron chi connectivity index (χ3n) is 2.32. The number of anilines is 1. The third-order valence-corrected chi connectivity index (χ3v) is 2.32. The Hall–Kier alpha value is -2.17. The molecule has 0 fully saturated rings. The van der Waals surface area contributed by atoms with E-state index in [2.05, 4.69) is 4.98 Å². The van der Waals surface area contributed by atoms with Gasteiger partial charge in [0.1, 0.15) is 0 Å². The van der Waals surface area contributed by atoms with E-state index in [1.807, 2.05) is 0 Å². The van der Waals surface area contributed by atoms with E-state index >= 15 is 0 Å². The molecule has 0 aliphatic rings. The van der Waals surface area contributed by atoms with Crippen LogP contribution in [-0.4, -0.2) is 12.1 Å². The summed E-state index contributed by atoms with van der Waals surface area (Å²) in [7, 11) is 1.48. The number of halogens is 2. The molecule has 0 bridgehead atoms. The van der Waals surface area contributed by atoms with Gasteiger partial charge >= 0.3 is 0 Å². The zero-order valence-corrected chi connectivity index (χ0v) is 9.08. The minimum absolute atomic E-state index is 0.203. The van der Waals surface area contributed by atoms with Gasteiger partial charge in [-0.05, 0) is 30.3 Å². The smallest absolute Gasteiger partial charge is 0.166 e. The van der Waals surface area contributed by atoms with E-state index in [1.165, 1.54) is 13.2 Å². The fourth-order valence-corrected chi connectivity index (χ4v) is 1.45. The van der Waals surface area contributed by atoms with Gasteiger partial charge in [-0.3, -0.25) is 0 Å². The van der Waals surface area contributed by atoms with Crippen LogP contribution < -0.4 is 10.5 Å². The highest BCUT2D eigenvalue weighted by molar-refractivity contribution is 5.63. The lowest BCUT2D eigenvalue weighted by molar-refractivity contribution is 0.415. The summed E-state index contributed by atoms with van der Waals surface area (Å²) in [4.78, 5) is 4.05. The summed E-state index contributed by atoms with van der Waals surface area (Å²) in [5.41, 5.74) is 6.55. The first-order valence-corrected chi connectivity index (χ1v) is 4.87. The highest BCUT2D eigenvalue weighted by Gasteiger charge is 2.07. The SMILES string of the molecule is COc1ccc(-c2ccc(F)c(F)c2)nc1N. The molecule has 88 valence electrons. The molecule has 2 aromatic rings. The third kappa shape index (κ3) is 2.18. The fraction of sp³-hybridized carbons (Fsp3) is 0.0833. The number of pyridine rings is 1. The normalized spacial score (nSPS) is 10.3. The second kappa shape index (κ2) is 4.37. The maximum absolute atomic E-state index is 13.1. The molecule has 0 unspecified atom stereocenters. The van der Waals surface area contributed by atoms with Gasteiger partial charge in [-0.15, -0.1) is 0 Å². The molecule has 3 nitrogen and oxygen atoms in total. The Kier molecular flexibility index (Phi) is 2.91. The van der Waals surface area contributed by atoms with Crippen LogP contribution in [-0.2, 0) is 0 Å². The van der Waals surface area contributed by atoms with E-state index in [-0.39, 0.29) is 5.82 Å². The second-order valence-electron chi connectivity index (χ2n) is 3.41. The number of nitrogens with two attached hydrogens (primary N) is 1. The van der Waals surface area contributed by atoms with Crippen molar-refractivity contribution in [2.24, 2.45) is 0 Å². The average molecular weight is 236 g/mol. The van der Waals surface area contributed by atoms with Gasteiger partial charge in [-0.1, -0.05) is 0 Å². The standard InChI is InChI=1S/C12H10F2N2O/c1-17-11-5-4-10(16-12(11)15)7-2-3-8(13)9(14)6-7/h2-6H,1H3,(H2,15,16). The fourth-order valence-electron chi connectivity index (χ4n) is 1.45. The first-order chi connectivity index (χ1) is 8.11. The molecular weight excluding hydrogens is 226 g/mol. The van der Waals surface area contributed by atoms with Crippen LogP contribution in [0.3, 0.4) is 0 Å². The largest absolute Gasteiger partial charge is 0.493 e. The Morgan fingerprint density at radius 3 is 2.47 bits per heavy atom. The molecule has 0 aliphatic carbocycles. The predicted octanol–water partition coefficient (Wildman–Crippen LogP) is 2.62. The number of aromatic nitrogens is 1. The monoisotopic (exact) mass is 236 g/mol. The van der Waals surface area contributed by atoms with Crippen LogP contribution in [0, 0.1) is 11.6 Å². The van der Waals surface area contributed by atoms with E-state index in [1.54, 1.807) is 12.1 Å². The Balaban J connectivity index is 2.46. The molecule has 1 heterocycles. The van der Waals surface area contributed by atoms with Crippen molar-refractivity contribution in [3.63, 3.8) is 0 Å². The van der Waals surface area contributed by atoms with Gasteiger partial charge in [0.15, 0.2) is 23.2 Å². The Labute approximate surface area is 96.9 Å². The first-order valence-electron chi connectivity index (χ1n) is 4.87. The number of hydrogen-bond acceptors (Lipinski definition) is 3. The van der Waals surface area contributed by atoms with Crippen molar-refractivity contribution in [3.05, 3.63) is 42.0 Å². The van der Waals surface area contributed by atoms with Crippen LogP contribution in [0.1, 0.15) is 0 Å². The van der Waals surface area contributed by atoms with Gasteiger partial charge in [-0.2, -0.15) is 0 Å². The van der Waals surface area contributed by atoms with E-state index in [0.717, 1.165) is 12.1 Å². The molecule has 5 heteroatoms. The summed E-state index contributed by atoms with van der Waals surface area (Å²) >= 11 is 0. The summed E-state index contributed by atoms with van der Waals surface area (Å²) in [5.74, 6) is -1.17. The molecular formula is C12H10F2N2O. The second-order valence-corrected chi connectivity index (χ2v) is 3.41. The molecule has 17 heavy (non-hydrogen) atoms. The van der Waals surface area contributed by atoms with Gasteiger partial charge in [-0.25, -0.2) is 13.8 Å². The number of hydrogen-bond donors (Lipinski definition) is 1. The zero-order chi connectivity index (χ0) is 12.4. The first kappa shape index (κ1) is 11.3. The number of nitrogen functional groups attached to an aromatic ring is 1. The van der Waals surface area contributed by atoms with Gasteiger partial charge in [0, 0.05) is 5.56 Å². The summed E-state index contributed by atoms with van der Waals surface area (Å²) in [5, 5.41) is 0. The number of rotatable bonds is 2. The van der Waals surface area contributed by atoms with E-state index in [9.17, 15) is 8.78 Å². The topological polar surface area (TPSA) is 48.1 Å². The van der Waals surface area contributed by atoms with Crippen LogP contribution in [0.5, 0.6) is 5.75 Å². The number of nitrogens with zero attached hydrogens (tertiary/aromatic N) is 1. The van der Waals surface area contributed by atoms with Crippen molar-refractivity contribution in [3.8, 4) is 17.0 Å². The molecule has 0 saturated carbocycles. The van der Waals surface area contributed by atoms with Gasteiger partial charge in [0.2, 0.25) is 0 Å². The maximum Gasteiger partial charge on any atom is 0.166 e. The average Bonchev–Trinajstić information content (AvgIpc) is 2.32. The van der Waals surface area contributed by atoms with Crippen LogP contribution in [0.4, 0.5) is 14.6 Å². The van der Waals surface area contributed by atoms with Crippen molar-refractivity contribution in [2.75, 3.05) is 12.8 Å². The lowest BCUT2D eigenvalue weighted by atomic mass is 10.1. The minimum atomic E-state index is -0.918. The quantitative estimate of drug-likeness (QED) is 0.871. The molecule has 0 aliphatic heterocycles. The summed E-state index contributed by atoms with van der Waals surface area (Å²) < 4.78 is 30.8. The Morgan fingerprint density at radius 1 is 1.12 bits per heavy atom. The van der Waals surface area contributed by atoms with Crippen molar-refractivity contribution in [1.29, 1.82) is 0 Å². The molecule has 0 spiro atoms. The molecule has 0 saturated heterocycles. The summed E-state index contributed by atoms with van der Waals surface area (Å²) in [6.07, 6.45) is 0. The van der Waals surface area contributed by atoms with Crippen LogP contribution >= 0.6 is 0 Å². The Morgan fingerprint density at radius 2 is 1.88 bits per heavy atom. The minimum Gasteiger partial charge on any atom is -0.493 e. The van der Waals surface area contributed by atoms with Gasteiger partial charge in [0.05, 0.1) is 12.8 Å². The maximum atomic E-state index is 13.1. The highest BCUT2D eigenvalue weighted by atomic mass is 19.2. The lowest BCUT2D eigenvalue weighted by Gasteiger charge is -2.06. The molecule has 1 aromatic heterocycles. The molecule has 0 atom stereocenters. The van der Waals surface area contributed by atoms with Crippen LogP contribution in [0.25, 0.3) is 11.3 Å². The van der Waals surface area contributed by atoms with Crippen LogP contribution in [0.2, 0.25) is 0 Å². The van der Waals surface area contributed by atoms with E-state index in [0.29, 0.717) is 17.0 Å². The van der Waals surface area contributed by atoms with Crippen molar-refractivity contribution in [2.45, 2.75) is 0 Å². The predicted molar refractivity (Wildman–Crippen MR) is 60.6 cm³/mol. The molecule has 0 amide bonds.